The first-order valence-corrected chi connectivity index (χ1v) is 11.3. The molecule has 0 radical (unpaired) electrons. The van der Waals surface area contributed by atoms with Crippen LogP contribution in [0.25, 0.3) is 10.2 Å². The Bertz CT molecular complexity index is 1110. The minimum absolute atomic E-state index is 0.0193. The highest BCUT2D eigenvalue weighted by atomic mass is 35.5. The minimum atomic E-state index is -0.263. The summed E-state index contributed by atoms with van der Waals surface area (Å²) >= 11 is 7.82. The molecule has 8 heteroatoms. The molecule has 1 fully saturated rings. The zero-order valence-electron chi connectivity index (χ0n) is 17.0. The van der Waals surface area contributed by atoms with Gasteiger partial charge in [0.15, 0.2) is 0 Å². The van der Waals surface area contributed by atoms with Gasteiger partial charge in [-0.15, -0.1) is 11.3 Å². The summed E-state index contributed by atoms with van der Waals surface area (Å²) in [7, 11) is 0. The lowest BCUT2D eigenvalue weighted by Gasteiger charge is -2.39. The number of hydrogen-bond acceptors (Lipinski definition) is 4. The molecule has 3 heterocycles. The van der Waals surface area contributed by atoms with Crippen LogP contribution >= 0.6 is 22.9 Å². The molecular formula is C22H25ClN4O2S. The molecule has 30 heavy (non-hydrogen) atoms. The molecule has 2 atom stereocenters. The van der Waals surface area contributed by atoms with Crippen LogP contribution in [0.3, 0.4) is 0 Å². The summed E-state index contributed by atoms with van der Waals surface area (Å²) < 4.78 is 1.09. The number of nitrogens with one attached hydrogen (secondary N) is 2. The van der Waals surface area contributed by atoms with Crippen molar-refractivity contribution in [1.82, 2.24) is 15.2 Å². The predicted molar refractivity (Wildman–Crippen MR) is 122 cm³/mol. The number of anilines is 1. The topological polar surface area (TPSA) is 91.2 Å². The maximum atomic E-state index is 13.3. The van der Waals surface area contributed by atoms with E-state index in [1.54, 1.807) is 29.5 Å². The molecule has 2 aromatic heterocycles. The number of piperidine rings is 1. The van der Waals surface area contributed by atoms with Gasteiger partial charge in [-0.1, -0.05) is 11.6 Å². The second-order valence-corrected chi connectivity index (χ2v) is 9.22. The lowest BCUT2D eigenvalue weighted by molar-refractivity contribution is 0.0543. The first-order chi connectivity index (χ1) is 14.3. The van der Waals surface area contributed by atoms with Gasteiger partial charge in [0.2, 0.25) is 0 Å². The fraction of sp³-hybridized carbons (Fsp3) is 0.364. The number of H-pyrrole nitrogens is 1. The van der Waals surface area contributed by atoms with Crippen molar-refractivity contribution in [2.45, 2.75) is 45.2 Å². The van der Waals surface area contributed by atoms with Crippen LogP contribution in [0.5, 0.6) is 0 Å². The number of aryl methyl sites for hydroxylation is 1. The number of aromatic amines is 1. The number of likely N-dealkylation sites (tertiary alicyclic amines) is 1. The Labute approximate surface area is 184 Å². The van der Waals surface area contributed by atoms with Crippen LogP contribution < -0.4 is 11.1 Å². The van der Waals surface area contributed by atoms with Crippen molar-refractivity contribution in [3.05, 3.63) is 51.5 Å². The van der Waals surface area contributed by atoms with Crippen molar-refractivity contribution >= 4 is 50.7 Å². The van der Waals surface area contributed by atoms with E-state index in [0.717, 1.165) is 35.0 Å². The molecule has 0 saturated carbocycles. The Balaban J connectivity index is 1.52. The number of benzene rings is 1. The van der Waals surface area contributed by atoms with Crippen LogP contribution in [0.4, 0.5) is 5.69 Å². The van der Waals surface area contributed by atoms with E-state index in [-0.39, 0.29) is 23.9 Å². The van der Waals surface area contributed by atoms with Gasteiger partial charge in [-0.25, -0.2) is 0 Å². The van der Waals surface area contributed by atoms with Crippen LogP contribution in [-0.4, -0.2) is 40.3 Å². The minimum Gasteiger partial charge on any atom is -0.399 e. The van der Waals surface area contributed by atoms with Gasteiger partial charge in [-0.3, -0.25) is 9.59 Å². The summed E-state index contributed by atoms with van der Waals surface area (Å²) in [6.07, 6.45) is 2.83. The highest BCUT2D eigenvalue weighted by Gasteiger charge is 2.33. The van der Waals surface area contributed by atoms with Gasteiger partial charge in [0.05, 0.1) is 26.8 Å². The highest BCUT2D eigenvalue weighted by Crippen LogP contribution is 2.28. The fourth-order valence-electron chi connectivity index (χ4n) is 4.13. The number of carbonyl (C=O) groups is 2. The molecule has 6 nitrogen and oxygen atoms in total. The van der Waals surface area contributed by atoms with E-state index < -0.39 is 0 Å². The van der Waals surface area contributed by atoms with Crippen molar-refractivity contribution in [3.63, 3.8) is 0 Å². The molecule has 1 aliphatic heterocycles. The first kappa shape index (κ1) is 20.8. The van der Waals surface area contributed by atoms with Crippen molar-refractivity contribution < 1.29 is 9.59 Å². The lowest BCUT2D eigenvalue weighted by Crippen LogP contribution is -2.54. The second kappa shape index (κ2) is 8.32. The van der Waals surface area contributed by atoms with Gasteiger partial charge >= 0.3 is 0 Å². The standard InChI is InChI=1S/C22H25ClN4O2S/c1-12-11-30-19-10-17(26-20(12)19)22(29)27-8-4-3-5-18(27)13(2)25-21(28)15-7-6-14(24)9-16(15)23/h6-7,9-11,13,18,26H,3-5,8,24H2,1-2H3,(H,25,28). The summed E-state index contributed by atoms with van der Waals surface area (Å²) in [6.45, 7) is 4.65. The van der Waals surface area contributed by atoms with Gasteiger partial charge in [-0.2, -0.15) is 0 Å². The molecule has 4 rings (SSSR count). The Hall–Kier alpha value is -2.51. The summed E-state index contributed by atoms with van der Waals surface area (Å²) in [5.41, 5.74) is 9.38. The van der Waals surface area contributed by atoms with Crippen LogP contribution in [-0.2, 0) is 0 Å². The number of thiophene rings is 1. The maximum absolute atomic E-state index is 13.3. The summed E-state index contributed by atoms with van der Waals surface area (Å²) in [5, 5.41) is 5.43. The van der Waals surface area contributed by atoms with Crippen LogP contribution in [0.2, 0.25) is 5.02 Å². The number of rotatable bonds is 4. The molecule has 4 N–H and O–H groups in total. The Kier molecular flexibility index (Phi) is 5.75. The number of nitrogens with zero attached hydrogens (tertiary/aromatic N) is 1. The van der Waals surface area contributed by atoms with E-state index in [4.69, 9.17) is 17.3 Å². The normalized spacial score (nSPS) is 17.8. The van der Waals surface area contributed by atoms with Gasteiger partial charge in [0.1, 0.15) is 5.69 Å². The average Bonchev–Trinajstić information content (AvgIpc) is 3.29. The monoisotopic (exact) mass is 444 g/mol. The smallest absolute Gasteiger partial charge is 0.270 e. The van der Waals surface area contributed by atoms with E-state index >= 15 is 0 Å². The number of nitrogen functional groups attached to an aromatic ring is 1. The molecule has 1 aromatic carbocycles. The largest absolute Gasteiger partial charge is 0.399 e. The summed E-state index contributed by atoms with van der Waals surface area (Å²) in [4.78, 5) is 31.2. The predicted octanol–water partition coefficient (Wildman–Crippen LogP) is 4.59. The Morgan fingerprint density at radius 2 is 2.13 bits per heavy atom. The summed E-state index contributed by atoms with van der Waals surface area (Å²) in [6, 6.07) is 6.48. The van der Waals surface area contributed by atoms with Crippen LogP contribution in [0.1, 0.15) is 52.6 Å². The van der Waals surface area contributed by atoms with Crippen LogP contribution in [0.15, 0.2) is 29.6 Å². The molecule has 2 unspecified atom stereocenters. The van der Waals surface area contributed by atoms with E-state index in [0.29, 0.717) is 28.5 Å². The quantitative estimate of drug-likeness (QED) is 0.514. The number of amides is 2. The lowest BCUT2D eigenvalue weighted by atomic mass is 9.95. The Morgan fingerprint density at radius 1 is 1.33 bits per heavy atom. The fourth-order valence-corrected chi connectivity index (χ4v) is 5.34. The van der Waals surface area contributed by atoms with E-state index in [9.17, 15) is 9.59 Å². The maximum Gasteiger partial charge on any atom is 0.270 e. The molecule has 158 valence electrons. The SMILES string of the molecule is Cc1csc2cc(C(=O)N3CCCCC3C(C)NC(=O)c3ccc(N)cc3Cl)[nH]c12. The van der Waals surface area contributed by atoms with E-state index in [2.05, 4.69) is 15.7 Å². The number of nitrogens with two attached hydrogens (primary N) is 1. The third-order valence-corrected chi connectivity index (χ3v) is 7.11. The number of fused-ring (bicyclic) bond motifs is 1. The van der Waals surface area contributed by atoms with Crippen molar-refractivity contribution in [2.75, 3.05) is 12.3 Å². The number of hydrogen-bond donors (Lipinski definition) is 3. The highest BCUT2D eigenvalue weighted by molar-refractivity contribution is 7.17. The van der Waals surface area contributed by atoms with Gasteiger partial charge < -0.3 is 20.9 Å². The number of aromatic nitrogens is 1. The molecular weight excluding hydrogens is 420 g/mol. The first-order valence-electron chi connectivity index (χ1n) is 10.1. The summed E-state index contributed by atoms with van der Waals surface area (Å²) in [5.74, 6) is -0.282. The van der Waals surface area contributed by atoms with Crippen molar-refractivity contribution in [3.8, 4) is 0 Å². The third-order valence-electron chi connectivity index (χ3n) is 5.75. The molecule has 0 spiro atoms. The Morgan fingerprint density at radius 3 is 2.87 bits per heavy atom. The van der Waals surface area contributed by atoms with Crippen molar-refractivity contribution in [1.29, 1.82) is 0 Å². The van der Waals surface area contributed by atoms with Gasteiger partial charge in [0, 0.05) is 18.3 Å². The molecule has 1 aliphatic rings. The molecule has 2 amide bonds. The van der Waals surface area contributed by atoms with Crippen molar-refractivity contribution in [2.24, 2.45) is 0 Å². The third kappa shape index (κ3) is 3.91. The van der Waals surface area contributed by atoms with Crippen LogP contribution in [0, 0.1) is 6.92 Å². The van der Waals surface area contributed by atoms with E-state index in [1.165, 1.54) is 0 Å². The van der Waals surface area contributed by atoms with E-state index in [1.807, 2.05) is 24.8 Å². The number of carbonyl (C=O) groups excluding carboxylic acids is 2. The van der Waals surface area contributed by atoms with Gasteiger partial charge in [-0.05, 0) is 68.3 Å². The molecule has 0 bridgehead atoms. The second-order valence-electron chi connectivity index (χ2n) is 7.90. The van der Waals surface area contributed by atoms with Gasteiger partial charge in [0.25, 0.3) is 11.8 Å². The number of halogens is 1. The molecule has 1 saturated heterocycles. The molecule has 3 aromatic rings. The zero-order chi connectivity index (χ0) is 21.4. The molecule has 0 aliphatic carbocycles. The average molecular weight is 445 g/mol. The zero-order valence-corrected chi connectivity index (χ0v) is 18.6.